The Kier molecular flexibility index (Phi) is 27.4. The van der Waals surface area contributed by atoms with Gasteiger partial charge in [0.1, 0.15) is 0 Å². The van der Waals surface area contributed by atoms with Gasteiger partial charge >= 0.3 is 20.9 Å². The first-order chi connectivity index (χ1) is 35.6. The van der Waals surface area contributed by atoms with E-state index in [1.807, 2.05) is 85.2 Å². The summed E-state index contributed by atoms with van der Waals surface area (Å²) in [5, 5.41) is 10.2. The molecule has 3 aromatic rings. The summed E-state index contributed by atoms with van der Waals surface area (Å²) in [5.41, 5.74) is 11.5. The van der Waals surface area contributed by atoms with E-state index in [1.54, 1.807) is 4.57 Å². The number of urea groups is 1. The second-order valence-corrected chi connectivity index (χ2v) is 27.8. The average Bonchev–Trinajstić information content (AvgIpc) is 4.13. The lowest BCUT2D eigenvalue weighted by atomic mass is 9.95. The third-order valence-corrected chi connectivity index (χ3v) is 16.8. The highest BCUT2D eigenvalue weighted by atomic mass is 32.2. The molecule has 0 aliphatic carbocycles. The van der Waals surface area contributed by atoms with Gasteiger partial charge in [-0.05, 0) is 82.5 Å². The van der Waals surface area contributed by atoms with Crippen molar-refractivity contribution in [1.29, 1.82) is 0 Å². The molecule has 78 heavy (non-hydrogen) atoms. The number of aliphatic imine (C=N–C) groups is 2. The number of allylic oxidation sites excluding steroid dienone is 3. The number of aromatic nitrogens is 4. The minimum atomic E-state index is -3.77. The van der Waals surface area contributed by atoms with E-state index in [2.05, 4.69) is 143 Å². The van der Waals surface area contributed by atoms with Gasteiger partial charge in [-0.15, -0.1) is 0 Å². The molecule has 0 fully saturated rings. The van der Waals surface area contributed by atoms with Gasteiger partial charge in [0.05, 0.1) is 22.8 Å². The van der Waals surface area contributed by atoms with E-state index in [9.17, 15) is 32.4 Å². The maximum atomic E-state index is 11.7. The Morgan fingerprint density at radius 2 is 0.949 bits per heavy atom. The molecule has 0 atom stereocenters. The van der Waals surface area contributed by atoms with Gasteiger partial charge in [-0.3, -0.25) is 33.3 Å². The fourth-order valence-electron chi connectivity index (χ4n) is 9.59. The van der Waals surface area contributed by atoms with Gasteiger partial charge in [0.25, 0.3) is 15.4 Å². The molecule has 6 rings (SSSR count). The zero-order valence-corrected chi connectivity index (χ0v) is 55.2. The fourth-order valence-corrected chi connectivity index (χ4v) is 13.3. The quantitative estimate of drug-likeness (QED) is 0.186. The maximum Gasteiger partial charge on any atom is 0.367 e. The fraction of sp³-hybridized carbons (Fsp3) is 0.678. The number of carbonyl (C=O) groups is 2. The summed E-state index contributed by atoms with van der Waals surface area (Å²) >= 11 is 2.70. The number of nitrogens with zero attached hydrogens (tertiary/aromatic N) is 8. The number of sulfonamides is 1. The molecular weight excluding hydrogens is 1040 g/mol. The molecule has 3 aromatic heterocycles. The largest absolute Gasteiger partial charge is 0.367 e. The Balaban J connectivity index is 0.000000469. The van der Waals surface area contributed by atoms with Crippen LogP contribution in [0.1, 0.15) is 235 Å². The number of H-pyrrole nitrogens is 1. The smallest absolute Gasteiger partial charge is 0.306 e. The van der Waals surface area contributed by atoms with Crippen LogP contribution in [0.25, 0.3) is 0 Å². The van der Waals surface area contributed by atoms with E-state index < -0.39 is 15.1 Å². The van der Waals surface area contributed by atoms with Crippen LogP contribution in [0.5, 0.6) is 0 Å². The number of hydrogen-bond donors (Lipinski definition) is 1. The number of carbonyl (C=O) groups excluding carboxylic acids is 2. The van der Waals surface area contributed by atoms with Gasteiger partial charge in [0, 0.05) is 78.1 Å². The number of aromatic amines is 1. The lowest BCUT2D eigenvalue weighted by Crippen LogP contribution is -2.26. The van der Waals surface area contributed by atoms with Crippen molar-refractivity contribution in [3.05, 3.63) is 97.5 Å². The average molecular weight is 1140 g/mol. The third-order valence-electron chi connectivity index (χ3n) is 12.9. The number of rotatable bonds is 12. The predicted octanol–water partition coefficient (Wildman–Crippen LogP) is 14.5. The first-order valence-electron chi connectivity index (χ1n) is 27.6. The van der Waals surface area contributed by atoms with Crippen LogP contribution in [0.15, 0.2) is 69.4 Å². The van der Waals surface area contributed by atoms with Crippen LogP contribution in [0, 0.1) is 35.5 Å². The molecule has 0 radical (unpaired) electrons. The van der Waals surface area contributed by atoms with Crippen molar-refractivity contribution in [2.45, 2.75) is 202 Å². The maximum absolute atomic E-state index is 11.7. The summed E-state index contributed by atoms with van der Waals surface area (Å²) in [6, 6.07) is -0.345. The number of aryl methyl sites for hydroxylation is 2. The molecule has 0 aromatic carbocycles. The molecule has 3 aliphatic heterocycles. The Labute approximate surface area is 476 Å². The van der Waals surface area contributed by atoms with Gasteiger partial charge in [0.2, 0.25) is 0 Å². The number of hydrogen-bond acceptors (Lipinski definition) is 11. The summed E-state index contributed by atoms with van der Waals surface area (Å²) in [7, 11) is 3.39. The predicted molar refractivity (Wildman–Crippen MR) is 329 cm³/mol. The monoisotopic (exact) mass is 1140 g/mol. The van der Waals surface area contributed by atoms with Crippen molar-refractivity contribution in [2.75, 3.05) is 7.05 Å². The topological polar surface area (TPSA) is 203 Å². The van der Waals surface area contributed by atoms with E-state index in [0.29, 0.717) is 58.6 Å². The second kappa shape index (κ2) is 30.1. The zero-order chi connectivity index (χ0) is 61.1. The van der Waals surface area contributed by atoms with Crippen molar-refractivity contribution in [3.63, 3.8) is 0 Å². The lowest BCUT2D eigenvalue weighted by molar-refractivity contribution is -0.108. The summed E-state index contributed by atoms with van der Waals surface area (Å²) < 4.78 is 30.3. The number of nitrogens with one attached hydrogen (secondary N) is 1. The van der Waals surface area contributed by atoms with Crippen LogP contribution in [-0.2, 0) is 36.0 Å². The van der Waals surface area contributed by atoms with E-state index in [4.69, 9.17) is 0 Å². The molecule has 0 unspecified atom stereocenters. The summed E-state index contributed by atoms with van der Waals surface area (Å²) in [5.74, 6) is 3.82. The van der Waals surface area contributed by atoms with Gasteiger partial charge in [-0.1, -0.05) is 184 Å². The lowest BCUT2D eigenvalue weighted by Gasteiger charge is -2.18. The zero-order valence-electron chi connectivity index (χ0n) is 52.8. The minimum Gasteiger partial charge on any atom is -0.306 e. The van der Waals surface area contributed by atoms with Gasteiger partial charge in [-0.2, -0.15) is 28.6 Å². The number of thiazole rings is 1. The van der Waals surface area contributed by atoms with Crippen LogP contribution in [0.4, 0.5) is 4.79 Å². The van der Waals surface area contributed by atoms with Crippen molar-refractivity contribution < 1.29 is 18.0 Å². The standard InChI is InChI=1S/C10H18N2O.C10H16N2.C10H17NO3S.2C10H17NOS.C9H14N2O/c1-6(2)8-9(7(3)4)12(5)11-10(8)13;1-6(2)9-8(5)11-12-10(9)7(3)4;1-6(2)8-9(7(3)4)11(5)15(13,14)10(8)12;1-6(2)8-9(7(3)4)13-10(12)11(8)5;1-6(2)8-9(7(3)4)11(5)13-10(8)12;1-5(2)7-8(6(3)4)11-9(12)10-7/h6-7H,1-5H3,(H,11,13);6-7H,5H2,1-4H3;6-7H,1-5H3;2*6-7H,1-5H3;5-6H,1-4H3. The Hall–Kier alpha value is -4.88. The molecule has 6 heterocycles. The van der Waals surface area contributed by atoms with Crippen LogP contribution >= 0.6 is 22.9 Å². The molecule has 1 N–H and O–H groups in total. The molecule has 3 aliphatic rings. The van der Waals surface area contributed by atoms with Gasteiger partial charge in [-0.25, -0.2) is 4.79 Å². The van der Waals surface area contributed by atoms with E-state index >= 15 is 0 Å². The molecule has 19 heteroatoms. The summed E-state index contributed by atoms with van der Waals surface area (Å²) in [4.78, 5) is 66.3. The van der Waals surface area contributed by atoms with Crippen LogP contribution in [-0.4, -0.2) is 60.6 Å². The van der Waals surface area contributed by atoms with Gasteiger partial charge in [0.15, 0.2) is 0 Å². The second-order valence-electron chi connectivity index (χ2n) is 23.8. The molecule has 440 valence electrons. The van der Waals surface area contributed by atoms with Crippen LogP contribution in [0.2, 0.25) is 0 Å². The molecule has 0 saturated carbocycles. The van der Waals surface area contributed by atoms with Crippen molar-refractivity contribution in [2.24, 2.45) is 76.9 Å². The Bertz CT molecular complexity index is 2910. The van der Waals surface area contributed by atoms with Crippen LogP contribution in [0.3, 0.4) is 0 Å². The first kappa shape index (κ1) is 71.1. The molecule has 0 spiro atoms. The molecule has 2 amide bonds. The highest BCUT2D eigenvalue weighted by molar-refractivity contribution is 8.05. The van der Waals surface area contributed by atoms with Crippen molar-refractivity contribution >= 4 is 55.5 Å². The normalized spacial score (nSPS) is 15.2. The number of amides is 2. The molecule has 0 saturated heterocycles. The Morgan fingerprint density at radius 1 is 0.500 bits per heavy atom. The third kappa shape index (κ3) is 17.8. The minimum absolute atomic E-state index is 0.0358. The number of azo groups is 1. The van der Waals surface area contributed by atoms with E-state index in [-0.39, 0.29) is 44.9 Å². The molecule has 0 bridgehead atoms. The van der Waals surface area contributed by atoms with Gasteiger partial charge < -0.3 is 8.52 Å². The SMILES string of the molecule is C=C1N=NC(C(C)C)=C1C(C)C.CC(C)C1=C(C(C)C)N(C)S(=O)(=O)C1=O.CC(C)C1=NC(=O)N=C1C(C)C.CC(C)c1c(C(C)C)n(C)[nH]c1=O.CC(C)c1c(C(C)C)n(C)sc1=O.CC(C)c1sc(=O)n(C)c1C(C)C. The molecule has 16 nitrogen and oxygen atoms in total. The highest BCUT2D eigenvalue weighted by Gasteiger charge is 2.43. The molecular formula is C59H99N9O7S3. The summed E-state index contributed by atoms with van der Waals surface area (Å²) in [6.07, 6.45) is 0. The van der Waals surface area contributed by atoms with Crippen LogP contribution < -0.4 is 15.2 Å². The Morgan fingerprint density at radius 3 is 1.24 bits per heavy atom. The highest BCUT2D eigenvalue weighted by Crippen LogP contribution is 2.36. The van der Waals surface area contributed by atoms with Crippen molar-refractivity contribution in [3.8, 4) is 0 Å². The summed E-state index contributed by atoms with van der Waals surface area (Å²) in [6.45, 7) is 53.3. The van der Waals surface area contributed by atoms with E-state index in [1.165, 1.54) is 51.8 Å². The van der Waals surface area contributed by atoms with E-state index in [0.717, 1.165) is 43.9 Å². The van der Waals surface area contributed by atoms with Crippen molar-refractivity contribution in [1.82, 2.24) is 22.6 Å². The first-order valence-corrected chi connectivity index (χ1v) is 30.7.